The number of rotatable bonds is 5. The van der Waals surface area contributed by atoms with Crippen molar-refractivity contribution in [3.05, 3.63) is 65.0 Å². The summed E-state index contributed by atoms with van der Waals surface area (Å²) in [7, 11) is 3.85. The number of amides is 1. The molecule has 0 spiro atoms. The normalized spacial score (nSPS) is 13.7. The number of pyridine rings is 1. The van der Waals surface area contributed by atoms with Crippen molar-refractivity contribution in [1.29, 1.82) is 0 Å². The van der Waals surface area contributed by atoms with E-state index in [9.17, 15) is 4.79 Å². The molecule has 1 aromatic heterocycles. The highest BCUT2D eigenvalue weighted by molar-refractivity contribution is 5.87. The molecule has 0 aliphatic carbocycles. The van der Waals surface area contributed by atoms with Gasteiger partial charge >= 0.3 is 0 Å². The Balaban J connectivity index is 2.19. The predicted octanol–water partition coefficient (Wildman–Crippen LogP) is 2.79. The minimum Gasteiger partial charge on any atom is -0.350 e. The zero-order valence-electron chi connectivity index (χ0n) is 14.6. The van der Waals surface area contributed by atoms with Crippen molar-refractivity contribution < 1.29 is 4.79 Å². The number of likely N-dealkylation sites (N-methyl/N-ethyl adjacent to an activating group) is 1. The lowest BCUT2D eigenvalue weighted by Crippen LogP contribution is -2.51. The van der Waals surface area contributed by atoms with Crippen molar-refractivity contribution in [2.45, 2.75) is 32.9 Å². The van der Waals surface area contributed by atoms with Gasteiger partial charge in [0.25, 0.3) is 0 Å². The number of carbonyl (C=O) groups is 1. The second-order valence-corrected chi connectivity index (χ2v) is 6.27. The average Bonchev–Trinajstić information content (AvgIpc) is 2.51. The summed E-state index contributed by atoms with van der Waals surface area (Å²) in [6, 6.07) is 13.9. The van der Waals surface area contributed by atoms with Crippen LogP contribution in [0.15, 0.2) is 42.5 Å². The van der Waals surface area contributed by atoms with E-state index in [1.54, 1.807) is 0 Å². The van der Waals surface area contributed by atoms with Crippen molar-refractivity contribution >= 4 is 5.91 Å². The van der Waals surface area contributed by atoms with Crippen molar-refractivity contribution in [1.82, 2.24) is 15.2 Å². The van der Waals surface area contributed by atoms with Gasteiger partial charge in [0.05, 0.1) is 0 Å². The monoisotopic (exact) mass is 311 g/mol. The quantitative estimate of drug-likeness (QED) is 0.923. The molecule has 0 aliphatic rings. The van der Waals surface area contributed by atoms with E-state index >= 15 is 0 Å². The highest BCUT2D eigenvalue weighted by atomic mass is 16.2. The Labute approximate surface area is 138 Å². The van der Waals surface area contributed by atoms with Crippen LogP contribution in [0.4, 0.5) is 0 Å². The van der Waals surface area contributed by atoms with Gasteiger partial charge in [-0.05, 0) is 58.1 Å². The maximum absolute atomic E-state index is 12.9. The standard InChI is InChI=1S/C19H25N3O/c1-14-11-16(12-15(2)21-14)13-20-18(23)19(3,22(4)5)17-9-7-6-8-10-17/h6-12H,13H2,1-5H3,(H,20,23). The number of aromatic nitrogens is 1. The molecule has 0 bridgehead atoms. The second-order valence-electron chi connectivity index (χ2n) is 6.27. The van der Waals surface area contributed by atoms with E-state index in [2.05, 4.69) is 10.3 Å². The number of nitrogens with one attached hydrogen (secondary N) is 1. The topological polar surface area (TPSA) is 45.2 Å². The molecule has 122 valence electrons. The summed E-state index contributed by atoms with van der Waals surface area (Å²) >= 11 is 0. The van der Waals surface area contributed by atoms with Gasteiger partial charge in [-0.15, -0.1) is 0 Å². The van der Waals surface area contributed by atoms with Crippen molar-refractivity contribution in [3.63, 3.8) is 0 Å². The Kier molecular flexibility index (Phi) is 5.16. The number of hydrogen-bond acceptors (Lipinski definition) is 3. The van der Waals surface area contributed by atoms with Gasteiger partial charge in [0.1, 0.15) is 5.54 Å². The fourth-order valence-electron chi connectivity index (χ4n) is 2.73. The molecule has 2 rings (SSSR count). The number of benzene rings is 1. The Morgan fingerprint density at radius 1 is 1.13 bits per heavy atom. The molecule has 0 saturated heterocycles. The van der Waals surface area contributed by atoms with E-state index in [0.29, 0.717) is 6.54 Å². The van der Waals surface area contributed by atoms with E-state index in [0.717, 1.165) is 22.5 Å². The van der Waals surface area contributed by atoms with Gasteiger partial charge in [0, 0.05) is 17.9 Å². The van der Waals surface area contributed by atoms with Crippen molar-refractivity contribution in [2.75, 3.05) is 14.1 Å². The second kappa shape index (κ2) is 6.92. The molecule has 23 heavy (non-hydrogen) atoms. The van der Waals surface area contributed by atoms with Crippen LogP contribution in [0.1, 0.15) is 29.4 Å². The summed E-state index contributed by atoms with van der Waals surface area (Å²) in [4.78, 5) is 19.2. The smallest absolute Gasteiger partial charge is 0.245 e. The van der Waals surface area contributed by atoms with Gasteiger partial charge in [0.2, 0.25) is 5.91 Å². The van der Waals surface area contributed by atoms with Crippen LogP contribution >= 0.6 is 0 Å². The molecule has 1 N–H and O–H groups in total. The van der Waals surface area contributed by atoms with Crippen LogP contribution < -0.4 is 5.32 Å². The first kappa shape index (κ1) is 17.2. The molecule has 1 unspecified atom stereocenters. The fraction of sp³-hybridized carbons (Fsp3) is 0.368. The van der Waals surface area contributed by atoms with Crippen LogP contribution in [0.5, 0.6) is 0 Å². The highest BCUT2D eigenvalue weighted by Crippen LogP contribution is 2.26. The van der Waals surface area contributed by atoms with Gasteiger partial charge in [-0.25, -0.2) is 0 Å². The largest absolute Gasteiger partial charge is 0.350 e. The maximum atomic E-state index is 12.9. The number of nitrogens with zero attached hydrogens (tertiary/aromatic N) is 2. The molecule has 4 nitrogen and oxygen atoms in total. The molecule has 2 aromatic rings. The molecule has 0 radical (unpaired) electrons. The summed E-state index contributed by atoms with van der Waals surface area (Å²) in [5, 5.41) is 3.07. The number of aryl methyl sites for hydroxylation is 2. The van der Waals surface area contributed by atoms with Gasteiger partial charge in [0.15, 0.2) is 0 Å². The van der Waals surface area contributed by atoms with E-state index in [1.807, 2.05) is 82.2 Å². The Bertz CT molecular complexity index is 662. The minimum atomic E-state index is -0.710. The van der Waals surface area contributed by atoms with Crippen LogP contribution in [-0.4, -0.2) is 29.9 Å². The lowest BCUT2D eigenvalue weighted by molar-refractivity contribution is -0.131. The number of carbonyl (C=O) groups excluding carboxylic acids is 1. The third kappa shape index (κ3) is 3.77. The van der Waals surface area contributed by atoms with Gasteiger partial charge in [-0.1, -0.05) is 30.3 Å². The molecule has 1 aromatic carbocycles. The van der Waals surface area contributed by atoms with Crippen molar-refractivity contribution in [2.24, 2.45) is 0 Å². The Morgan fingerprint density at radius 2 is 1.70 bits per heavy atom. The van der Waals surface area contributed by atoms with Crippen LogP contribution in [0.25, 0.3) is 0 Å². The van der Waals surface area contributed by atoms with Crippen LogP contribution in [0.3, 0.4) is 0 Å². The molecule has 4 heteroatoms. The minimum absolute atomic E-state index is 0.0131. The van der Waals surface area contributed by atoms with E-state index in [4.69, 9.17) is 0 Å². The molecule has 0 saturated carbocycles. The molecule has 0 aliphatic heterocycles. The van der Waals surface area contributed by atoms with Crippen LogP contribution in [0, 0.1) is 13.8 Å². The Morgan fingerprint density at radius 3 is 2.22 bits per heavy atom. The third-order valence-corrected chi connectivity index (χ3v) is 4.27. The van der Waals surface area contributed by atoms with Gasteiger partial charge in [-0.2, -0.15) is 0 Å². The number of hydrogen-bond donors (Lipinski definition) is 1. The summed E-state index contributed by atoms with van der Waals surface area (Å²) in [5.74, 6) is -0.0131. The molecule has 1 heterocycles. The van der Waals surface area contributed by atoms with Crippen LogP contribution in [-0.2, 0) is 16.9 Å². The SMILES string of the molecule is Cc1cc(CNC(=O)C(C)(c2ccccc2)N(C)C)cc(C)n1. The van der Waals surface area contributed by atoms with Crippen molar-refractivity contribution in [3.8, 4) is 0 Å². The molecule has 1 atom stereocenters. The molecular weight excluding hydrogens is 286 g/mol. The van der Waals surface area contributed by atoms with E-state index in [-0.39, 0.29) is 5.91 Å². The zero-order valence-corrected chi connectivity index (χ0v) is 14.6. The first-order valence-electron chi connectivity index (χ1n) is 7.79. The summed E-state index contributed by atoms with van der Waals surface area (Å²) in [6.45, 7) is 6.37. The summed E-state index contributed by atoms with van der Waals surface area (Å²) in [6.07, 6.45) is 0. The third-order valence-electron chi connectivity index (χ3n) is 4.27. The fourth-order valence-corrected chi connectivity index (χ4v) is 2.73. The first-order chi connectivity index (χ1) is 10.8. The average molecular weight is 311 g/mol. The van der Waals surface area contributed by atoms with E-state index in [1.165, 1.54) is 0 Å². The van der Waals surface area contributed by atoms with Crippen LogP contribution in [0.2, 0.25) is 0 Å². The lowest BCUT2D eigenvalue weighted by Gasteiger charge is -2.35. The predicted molar refractivity (Wildman–Crippen MR) is 93.0 cm³/mol. The molecular formula is C19H25N3O. The maximum Gasteiger partial charge on any atom is 0.245 e. The summed E-state index contributed by atoms with van der Waals surface area (Å²) in [5.41, 5.74) is 3.26. The first-order valence-corrected chi connectivity index (χ1v) is 7.79. The lowest BCUT2D eigenvalue weighted by atomic mass is 9.89. The van der Waals surface area contributed by atoms with E-state index < -0.39 is 5.54 Å². The molecule has 0 fully saturated rings. The summed E-state index contributed by atoms with van der Waals surface area (Å²) < 4.78 is 0. The van der Waals surface area contributed by atoms with Gasteiger partial charge < -0.3 is 5.32 Å². The zero-order chi connectivity index (χ0) is 17.0. The highest BCUT2D eigenvalue weighted by Gasteiger charge is 2.37. The Hall–Kier alpha value is -2.20. The van der Waals surface area contributed by atoms with Gasteiger partial charge in [-0.3, -0.25) is 14.7 Å². The molecule has 1 amide bonds.